The first-order valence-corrected chi connectivity index (χ1v) is 8.51. The Morgan fingerprint density at radius 3 is 2.74 bits per heavy atom. The third-order valence-corrected chi connectivity index (χ3v) is 4.67. The highest BCUT2D eigenvalue weighted by atomic mass is 16.5. The number of amides is 3. The van der Waals surface area contributed by atoms with Crippen molar-refractivity contribution < 1.29 is 18.9 Å². The van der Waals surface area contributed by atoms with Crippen LogP contribution in [-0.2, 0) is 16.1 Å². The van der Waals surface area contributed by atoms with Gasteiger partial charge in [0.25, 0.3) is 24.1 Å². The van der Waals surface area contributed by atoms with Gasteiger partial charge in [-0.05, 0) is 4.99 Å². The number of carbonyl (C=O) groups excluding carboxylic acids is 2. The van der Waals surface area contributed by atoms with Gasteiger partial charge in [-0.2, -0.15) is 15.0 Å². The molecule has 2 fully saturated rings. The molecule has 4 heterocycles. The summed E-state index contributed by atoms with van der Waals surface area (Å²) < 4.78 is 6.99. The van der Waals surface area contributed by atoms with Gasteiger partial charge in [0.1, 0.15) is 0 Å². The third-order valence-electron chi connectivity index (χ3n) is 4.67. The van der Waals surface area contributed by atoms with Crippen molar-refractivity contribution in [3.05, 3.63) is 5.82 Å². The van der Waals surface area contributed by atoms with Crippen molar-refractivity contribution in [2.45, 2.75) is 12.6 Å². The van der Waals surface area contributed by atoms with Crippen LogP contribution in [-0.4, -0.2) is 99.9 Å². The Balaban J connectivity index is 1.60. The van der Waals surface area contributed by atoms with E-state index in [2.05, 4.69) is 19.9 Å². The second kappa shape index (κ2) is 6.54. The van der Waals surface area contributed by atoms with Crippen LogP contribution in [0.25, 0.3) is 0 Å². The highest BCUT2D eigenvalue weighted by Gasteiger charge is 2.50. The second-order valence-electron chi connectivity index (χ2n) is 6.45. The number of rotatable bonds is 3. The number of nitrogen functional groups attached to an aromatic ring is 1. The van der Waals surface area contributed by atoms with Crippen molar-refractivity contribution in [1.29, 1.82) is 0 Å². The van der Waals surface area contributed by atoms with Crippen LogP contribution in [0, 0.1) is 0 Å². The molecule has 1 aromatic heterocycles. The van der Waals surface area contributed by atoms with Crippen LogP contribution in [0.15, 0.2) is 4.99 Å². The molecule has 4 rings (SSSR count). The Labute approximate surface area is 155 Å². The Hall–Kier alpha value is -3.15. The standard InChI is InChI=1S/C15H20N9O3/c1-21-8-17-11-10(21)12(25)24(15(26)22(11)2)7-9-18-13(16)20-14(19-9)23-3-5-27-6-4-23/h8,10H,3-7H2,1-2H3,(H2,16,18,19,20)/q+1. The van der Waals surface area contributed by atoms with Crippen LogP contribution in [0.2, 0.25) is 0 Å². The van der Waals surface area contributed by atoms with E-state index in [4.69, 9.17) is 10.5 Å². The number of nitrogens with two attached hydrogens (primary N) is 1. The van der Waals surface area contributed by atoms with E-state index < -0.39 is 12.1 Å². The fraction of sp³-hybridized carbons (Fsp3) is 0.533. The van der Waals surface area contributed by atoms with Gasteiger partial charge >= 0.3 is 6.03 Å². The number of ether oxygens (including phenoxy) is 1. The van der Waals surface area contributed by atoms with Gasteiger partial charge in [-0.3, -0.25) is 14.6 Å². The summed E-state index contributed by atoms with van der Waals surface area (Å²) in [7, 11) is 3.32. The molecule has 0 aliphatic carbocycles. The van der Waals surface area contributed by atoms with E-state index in [0.717, 1.165) is 4.90 Å². The highest BCUT2D eigenvalue weighted by Crippen LogP contribution is 2.20. The minimum atomic E-state index is -0.634. The van der Waals surface area contributed by atoms with E-state index in [0.29, 0.717) is 38.1 Å². The molecule has 0 saturated carbocycles. The highest BCUT2D eigenvalue weighted by molar-refractivity contribution is 6.21. The number of nitrogens with zero attached hydrogens (tertiary/aromatic N) is 8. The van der Waals surface area contributed by atoms with E-state index in [-0.39, 0.29) is 24.2 Å². The van der Waals surface area contributed by atoms with Gasteiger partial charge in [0, 0.05) is 20.1 Å². The van der Waals surface area contributed by atoms with Gasteiger partial charge in [0.2, 0.25) is 11.9 Å². The molecule has 12 nitrogen and oxygen atoms in total. The summed E-state index contributed by atoms with van der Waals surface area (Å²) in [5.41, 5.74) is 5.82. The SMILES string of the molecule is CN1C(=O)N(Cc2nc(N)nc(N3CCOCC3)n2)C(=O)C2C1=NC=[N+]2C. The van der Waals surface area contributed by atoms with Crippen molar-refractivity contribution in [3.63, 3.8) is 0 Å². The first kappa shape index (κ1) is 17.3. The molecule has 0 radical (unpaired) electrons. The van der Waals surface area contributed by atoms with Crippen molar-refractivity contribution >= 4 is 36.0 Å². The second-order valence-corrected chi connectivity index (χ2v) is 6.45. The van der Waals surface area contributed by atoms with Gasteiger partial charge in [-0.25, -0.2) is 9.37 Å². The summed E-state index contributed by atoms with van der Waals surface area (Å²) >= 11 is 0. The molecule has 142 valence electrons. The quantitative estimate of drug-likeness (QED) is 0.609. The minimum Gasteiger partial charge on any atom is -0.378 e. The smallest absolute Gasteiger partial charge is 0.334 e. The Kier molecular flexibility index (Phi) is 4.18. The third kappa shape index (κ3) is 2.97. The molecule has 12 heteroatoms. The van der Waals surface area contributed by atoms with Crippen LogP contribution in [0.4, 0.5) is 16.7 Å². The minimum absolute atomic E-state index is 0.0420. The number of morpholine rings is 1. The normalized spacial score (nSPS) is 22.7. The maximum absolute atomic E-state index is 12.9. The zero-order valence-electron chi connectivity index (χ0n) is 15.1. The fourth-order valence-corrected chi connectivity index (χ4v) is 3.23. The zero-order chi connectivity index (χ0) is 19.1. The van der Waals surface area contributed by atoms with E-state index in [9.17, 15) is 9.59 Å². The van der Waals surface area contributed by atoms with Crippen molar-refractivity contribution in [1.82, 2.24) is 24.8 Å². The Morgan fingerprint density at radius 1 is 1.26 bits per heavy atom. The van der Waals surface area contributed by atoms with E-state index in [1.165, 1.54) is 11.2 Å². The summed E-state index contributed by atoms with van der Waals surface area (Å²) in [5, 5.41) is 0. The number of urea groups is 1. The van der Waals surface area contributed by atoms with Crippen molar-refractivity contribution in [3.8, 4) is 0 Å². The number of imide groups is 1. The molecule has 1 aromatic rings. The van der Waals surface area contributed by atoms with Crippen molar-refractivity contribution in [2.24, 2.45) is 4.99 Å². The molecule has 2 N–H and O–H groups in total. The lowest BCUT2D eigenvalue weighted by atomic mass is 10.1. The monoisotopic (exact) mass is 374 g/mol. The van der Waals surface area contributed by atoms with Gasteiger partial charge in [0.15, 0.2) is 5.82 Å². The zero-order valence-corrected chi connectivity index (χ0v) is 15.1. The summed E-state index contributed by atoms with van der Waals surface area (Å²) in [6, 6.07) is -1.11. The van der Waals surface area contributed by atoms with Gasteiger partial charge in [-0.15, -0.1) is 0 Å². The number of aromatic nitrogens is 3. The van der Waals surface area contributed by atoms with Crippen LogP contribution >= 0.6 is 0 Å². The number of anilines is 2. The Bertz CT molecular complexity index is 862. The van der Waals surface area contributed by atoms with Crippen LogP contribution < -0.4 is 10.6 Å². The van der Waals surface area contributed by atoms with Gasteiger partial charge in [0.05, 0.1) is 26.8 Å². The van der Waals surface area contributed by atoms with Gasteiger partial charge in [-0.1, -0.05) is 0 Å². The molecule has 0 spiro atoms. The number of carbonyl (C=O) groups is 2. The van der Waals surface area contributed by atoms with E-state index in [1.54, 1.807) is 18.7 Å². The molecular weight excluding hydrogens is 354 g/mol. The average molecular weight is 374 g/mol. The van der Waals surface area contributed by atoms with E-state index in [1.807, 2.05) is 4.90 Å². The summed E-state index contributed by atoms with van der Waals surface area (Å²) in [5.74, 6) is 0.747. The maximum Gasteiger partial charge on any atom is 0.334 e. The summed E-state index contributed by atoms with van der Waals surface area (Å²) in [4.78, 5) is 46.7. The molecule has 3 amide bonds. The van der Waals surface area contributed by atoms with E-state index >= 15 is 0 Å². The fourth-order valence-electron chi connectivity index (χ4n) is 3.23. The molecule has 3 aliphatic rings. The summed E-state index contributed by atoms with van der Waals surface area (Å²) in [6.45, 7) is 2.32. The topological polar surface area (TPSA) is 133 Å². The number of amidine groups is 1. The molecule has 27 heavy (non-hydrogen) atoms. The van der Waals surface area contributed by atoms with Crippen molar-refractivity contribution in [2.75, 3.05) is 51.0 Å². The predicted octanol–water partition coefficient (Wildman–Crippen LogP) is -1.86. The molecule has 2 saturated heterocycles. The largest absolute Gasteiger partial charge is 0.378 e. The first-order valence-electron chi connectivity index (χ1n) is 8.51. The molecule has 1 unspecified atom stereocenters. The molecule has 0 bridgehead atoms. The maximum atomic E-state index is 12.9. The predicted molar refractivity (Wildman–Crippen MR) is 94.5 cm³/mol. The lowest BCUT2D eigenvalue weighted by Gasteiger charge is -2.32. The van der Waals surface area contributed by atoms with Crippen LogP contribution in [0.3, 0.4) is 0 Å². The lowest BCUT2D eigenvalue weighted by Crippen LogP contribution is -2.62. The first-order chi connectivity index (χ1) is 13.0. The Morgan fingerprint density at radius 2 is 2.00 bits per heavy atom. The summed E-state index contributed by atoms with van der Waals surface area (Å²) in [6.07, 6.45) is 1.53. The lowest BCUT2D eigenvalue weighted by molar-refractivity contribution is -0.501. The van der Waals surface area contributed by atoms with Gasteiger partial charge < -0.3 is 15.4 Å². The molecular formula is C15H20N9O3+. The number of aliphatic imine (C=N–C) groups is 1. The number of likely N-dealkylation sites (N-methyl/N-ethyl adjacent to an activating group) is 2. The number of hydrogen-bond donors (Lipinski definition) is 1. The number of fused-ring (bicyclic) bond motifs is 1. The molecule has 1 atom stereocenters. The number of hydrogen-bond acceptors (Lipinski definition) is 9. The molecule has 3 aliphatic heterocycles. The van der Waals surface area contributed by atoms with Crippen LogP contribution in [0.5, 0.6) is 0 Å². The average Bonchev–Trinajstić information content (AvgIpc) is 3.05. The molecule has 0 aromatic carbocycles. The van der Waals surface area contributed by atoms with Crippen LogP contribution in [0.1, 0.15) is 5.82 Å².